The van der Waals surface area contributed by atoms with Gasteiger partial charge in [0.15, 0.2) is 0 Å². The van der Waals surface area contributed by atoms with Crippen LogP contribution in [0.2, 0.25) is 3.63 Å². The molecule has 0 spiro atoms. The number of benzene rings is 4. The zero-order valence-corrected chi connectivity index (χ0v) is 29.0. The predicted molar refractivity (Wildman–Crippen MR) is 179 cm³/mol. The second kappa shape index (κ2) is 11.0. The summed E-state index contributed by atoms with van der Waals surface area (Å²) >= 11 is -2.64. The first kappa shape index (κ1) is 29.2. The van der Waals surface area contributed by atoms with Gasteiger partial charge in [0.25, 0.3) is 0 Å². The van der Waals surface area contributed by atoms with E-state index < -0.39 is 21.3 Å². The number of fused-ring (bicyclic) bond motifs is 3. The molecule has 0 heterocycles. The van der Waals surface area contributed by atoms with Crippen LogP contribution in [0.4, 0.5) is 0 Å². The standard InChI is InChI=1S/C23H29.C13H10.C5H5.Zr/c1-14-9-16-11-17-10-15(2)21(23(6,7)8)13-19(17)18(16)12-20(14)22(3,4)5;1-3-7-12(8-4-1)11-13-9-5-2-6-10-13;1-2-4-5-3-1;/h9-13H,1-8H3;1-10H;1-5H;. The average molecular weight is 628 g/mol. The van der Waals surface area contributed by atoms with Gasteiger partial charge in [0.1, 0.15) is 0 Å². The van der Waals surface area contributed by atoms with Crippen LogP contribution in [0, 0.1) is 13.8 Å². The summed E-state index contributed by atoms with van der Waals surface area (Å²) < 4.78 is 2.56. The van der Waals surface area contributed by atoms with E-state index in [1.807, 2.05) is 0 Å². The Kier molecular flexibility index (Phi) is 7.64. The molecule has 0 saturated heterocycles. The Morgan fingerprint density at radius 1 is 0.571 bits per heavy atom. The van der Waals surface area contributed by atoms with Gasteiger partial charge >= 0.3 is 263 Å². The molecule has 0 fully saturated rings. The first-order valence-corrected chi connectivity index (χ1v) is 19.5. The zero-order valence-electron chi connectivity index (χ0n) is 26.5. The molecule has 4 aromatic carbocycles. The van der Waals surface area contributed by atoms with Crippen LogP contribution in [-0.4, -0.2) is 3.21 Å². The van der Waals surface area contributed by atoms with Crippen LogP contribution in [0.15, 0.2) is 109 Å². The van der Waals surface area contributed by atoms with E-state index in [1.54, 1.807) is 14.3 Å². The van der Waals surface area contributed by atoms with Gasteiger partial charge in [-0.1, -0.05) is 0 Å². The normalized spacial score (nSPS) is 14.8. The number of aryl methyl sites for hydroxylation is 2. The molecule has 0 saturated carbocycles. The van der Waals surface area contributed by atoms with Gasteiger partial charge in [-0.3, -0.25) is 0 Å². The molecule has 0 radical (unpaired) electrons. The molecule has 212 valence electrons. The zero-order chi connectivity index (χ0) is 29.8. The fraction of sp³-hybridized carbons (Fsp3) is 0.293. The molecular weight excluding hydrogens is 584 g/mol. The Morgan fingerprint density at radius 3 is 1.36 bits per heavy atom. The molecule has 0 aliphatic heterocycles. The summed E-state index contributed by atoms with van der Waals surface area (Å²) in [6, 6.07) is 32.9. The molecule has 1 heteroatoms. The van der Waals surface area contributed by atoms with Crippen molar-refractivity contribution in [2.24, 2.45) is 0 Å². The summed E-state index contributed by atoms with van der Waals surface area (Å²) in [5.41, 5.74) is 14.8. The third-order valence-electron chi connectivity index (χ3n) is 9.15. The van der Waals surface area contributed by atoms with E-state index in [-0.39, 0.29) is 10.8 Å². The van der Waals surface area contributed by atoms with Gasteiger partial charge < -0.3 is 0 Å². The first-order chi connectivity index (χ1) is 19.9. The molecule has 0 aromatic heterocycles. The van der Waals surface area contributed by atoms with E-state index in [9.17, 15) is 0 Å². The van der Waals surface area contributed by atoms with Gasteiger partial charge in [-0.25, -0.2) is 0 Å². The van der Waals surface area contributed by atoms with Crippen LogP contribution in [-0.2, 0) is 32.1 Å². The van der Waals surface area contributed by atoms with E-state index in [0.717, 1.165) is 0 Å². The molecule has 2 aliphatic rings. The van der Waals surface area contributed by atoms with Crippen LogP contribution in [0.3, 0.4) is 0 Å². The molecule has 0 nitrogen and oxygen atoms in total. The van der Waals surface area contributed by atoms with Crippen LogP contribution in [0.25, 0.3) is 11.1 Å². The van der Waals surface area contributed by atoms with E-state index in [0.29, 0.717) is 7.25 Å². The monoisotopic (exact) mass is 626 g/mol. The molecule has 0 unspecified atom stereocenters. The average Bonchev–Trinajstić information content (AvgIpc) is 3.57. The number of allylic oxidation sites excluding steroid dienone is 4. The van der Waals surface area contributed by atoms with Gasteiger partial charge in [0.05, 0.1) is 0 Å². The summed E-state index contributed by atoms with van der Waals surface area (Å²) in [5, 5.41) is 0. The minimum atomic E-state index is -2.64. The second-order valence-electron chi connectivity index (χ2n) is 14.3. The summed E-state index contributed by atoms with van der Waals surface area (Å²) in [6.45, 7) is 18.8. The fourth-order valence-corrected chi connectivity index (χ4v) is 16.7. The topological polar surface area (TPSA) is 0 Å². The van der Waals surface area contributed by atoms with Crippen LogP contribution < -0.4 is 0 Å². The summed E-state index contributed by atoms with van der Waals surface area (Å²) in [5.74, 6) is 0. The molecule has 4 aromatic rings. The van der Waals surface area contributed by atoms with Crippen molar-refractivity contribution in [2.75, 3.05) is 0 Å². The van der Waals surface area contributed by atoms with Crippen molar-refractivity contribution in [2.45, 2.75) is 73.5 Å². The Hall–Kier alpha value is -2.89. The van der Waals surface area contributed by atoms with Gasteiger partial charge in [0.2, 0.25) is 0 Å². The third-order valence-corrected chi connectivity index (χ3v) is 17.8. The van der Waals surface area contributed by atoms with Crippen LogP contribution in [0.1, 0.15) is 89.7 Å². The Bertz CT molecular complexity index is 1610. The fourth-order valence-electron chi connectivity index (χ4n) is 7.38. The van der Waals surface area contributed by atoms with E-state index in [2.05, 4.69) is 165 Å². The molecule has 2 aliphatic carbocycles. The van der Waals surface area contributed by atoms with Crippen molar-refractivity contribution in [3.63, 3.8) is 0 Å². The maximum atomic E-state index is 2.59. The van der Waals surface area contributed by atoms with Crippen molar-refractivity contribution in [3.8, 4) is 11.1 Å². The number of hydrogen-bond donors (Lipinski definition) is 0. The first-order valence-electron chi connectivity index (χ1n) is 15.5. The Balaban J connectivity index is 1.76. The van der Waals surface area contributed by atoms with Gasteiger partial charge in [-0.2, -0.15) is 0 Å². The molecule has 6 rings (SSSR count). The van der Waals surface area contributed by atoms with Gasteiger partial charge in [-0.05, 0) is 0 Å². The Labute approximate surface area is 261 Å². The predicted octanol–water partition coefficient (Wildman–Crippen LogP) is 10.8. The van der Waals surface area contributed by atoms with E-state index in [4.69, 9.17) is 0 Å². The maximum absolute atomic E-state index is 2.64. The Morgan fingerprint density at radius 2 is 0.976 bits per heavy atom. The van der Waals surface area contributed by atoms with Crippen molar-refractivity contribution in [3.05, 3.63) is 154 Å². The molecule has 0 N–H and O–H groups in total. The van der Waals surface area contributed by atoms with Crippen molar-refractivity contribution >= 4 is 3.21 Å². The van der Waals surface area contributed by atoms with Crippen molar-refractivity contribution in [1.29, 1.82) is 0 Å². The molecule has 42 heavy (non-hydrogen) atoms. The third kappa shape index (κ3) is 5.24. The summed E-state index contributed by atoms with van der Waals surface area (Å²) in [4.78, 5) is 0. The minimum absolute atomic E-state index is 0.0960. The summed E-state index contributed by atoms with van der Waals surface area (Å²) in [6.07, 6.45) is 9.59. The van der Waals surface area contributed by atoms with Crippen molar-refractivity contribution in [1.82, 2.24) is 0 Å². The van der Waals surface area contributed by atoms with Crippen LogP contribution >= 0.6 is 0 Å². The van der Waals surface area contributed by atoms with E-state index in [1.165, 1.54) is 44.5 Å². The number of rotatable bonds is 4. The molecule has 0 atom stereocenters. The quantitative estimate of drug-likeness (QED) is 0.211. The molecule has 0 amide bonds. The second-order valence-corrected chi connectivity index (χ2v) is 20.8. The SMILES string of the molecule is Cc1cc2c(cc1C(C)(C)C)-c1cc(C(C)(C)C)c(C)cc1[CH]2[Zr](=[C](c1ccccc1)c1ccccc1)[CH]1C=CC=C1. The molecule has 0 bridgehead atoms. The molecular formula is C41H44Zr. The van der Waals surface area contributed by atoms with Gasteiger partial charge in [0, 0.05) is 0 Å². The summed E-state index contributed by atoms with van der Waals surface area (Å²) in [7, 11) is 0. The van der Waals surface area contributed by atoms with Crippen molar-refractivity contribution < 1.29 is 21.3 Å². The van der Waals surface area contributed by atoms with Crippen LogP contribution in [0.5, 0.6) is 0 Å². The van der Waals surface area contributed by atoms with E-state index >= 15 is 0 Å². The number of hydrogen-bond acceptors (Lipinski definition) is 0. The van der Waals surface area contributed by atoms with Gasteiger partial charge in [-0.15, -0.1) is 0 Å².